The summed E-state index contributed by atoms with van der Waals surface area (Å²) in [5.74, 6) is 0.0854. The van der Waals surface area contributed by atoms with E-state index in [1.807, 2.05) is 37.3 Å². The van der Waals surface area contributed by atoms with Crippen LogP contribution in [0.15, 0.2) is 30.3 Å². The van der Waals surface area contributed by atoms with Gasteiger partial charge in [0.25, 0.3) is 0 Å². The number of carbonyl (C=O) groups is 1. The van der Waals surface area contributed by atoms with Crippen LogP contribution in [0.2, 0.25) is 0 Å². The Kier molecular flexibility index (Phi) is 6.21. The fourth-order valence-electron chi connectivity index (χ4n) is 3.05. The maximum atomic E-state index is 12.2. The van der Waals surface area contributed by atoms with E-state index in [9.17, 15) is 4.79 Å². The quantitative estimate of drug-likeness (QED) is 0.808. The summed E-state index contributed by atoms with van der Waals surface area (Å²) in [5, 5.41) is 12.0. The van der Waals surface area contributed by atoms with Gasteiger partial charge < -0.3 is 10.4 Å². The monoisotopic (exact) mass is 290 g/mol. The lowest BCUT2D eigenvalue weighted by atomic mass is 10.1. The molecule has 4 nitrogen and oxygen atoms in total. The second-order valence-electron chi connectivity index (χ2n) is 5.83. The maximum Gasteiger partial charge on any atom is 0.234 e. The van der Waals surface area contributed by atoms with Gasteiger partial charge in [0, 0.05) is 12.6 Å². The molecule has 1 aliphatic rings. The van der Waals surface area contributed by atoms with Crippen LogP contribution < -0.4 is 5.32 Å². The molecule has 0 bridgehead atoms. The molecule has 0 saturated carbocycles. The highest BCUT2D eigenvalue weighted by Gasteiger charge is 2.25. The van der Waals surface area contributed by atoms with Crippen molar-refractivity contribution < 1.29 is 9.90 Å². The third-order valence-electron chi connectivity index (χ3n) is 4.22. The second-order valence-corrected chi connectivity index (χ2v) is 5.83. The van der Waals surface area contributed by atoms with Crippen molar-refractivity contribution in [2.75, 3.05) is 19.7 Å². The van der Waals surface area contributed by atoms with Gasteiger partial charge in [-0.1, -0.05) is 30.3 Å². The first-order valence-electron chi connectivity index (χ1n) is 7.90. The number of amides is 1. The number of hydrogen-bond acceptors (Lipinski definition) is 3. The zero-order valence-corrected chi connectivity index (χ0v) is 12.8. The average Bonchev–Trinajstić information content (AvgIpc) is 2.93. The van der Waals surface area contributed by atoms with Gasteiger partial charge in [-0.25, -0.2) is 0 Å². The van der Waals surface area contributed by atoms with Crippen LogP contribution in [0.3, 0.4) is 0 Å². The zero-order chi connectivity index (χ0) is 15.1. The lowest BCUT2D eigenvalue weighted by Gasteiger charge is -2.24. The Hall–Kier alpha value is -1.39. The van der Waals surface area contributed by atoms with Crippen molar-refractivity contribution in [2.24, 2.45) is 0 Å². The Bertz CT molecular complexity index is 436. The molecule has 2 rings (SSSR count). The van der Waals surface area contributed by atoms with E-state index in [0.717, 1.165) is 37.8 Å². The molecule has 0 radical (unpaired) electrons. The third kappa shape index (κ3) is 4.83. The summed E-state index contributed by atoms with van der Waals surface area (Å²) in [5.41, 5.74) is 1.13. The molecule has 1 fully saturated rings. The van der Waals surface area contributed by atoms with Crippen molar-refractivity contribution in [3.05, 3.63) is 35.9 Å². The van der Waals surface area contributed by atoms with Crippen molar-refractivity contribution in [1.29, 1.82) is 0 Å². The van der Waals surface area contributed by atoms with Gasteiger partial charge in [-0.05, 0) is 44.7 Å². The van der Waals surface area contributed by atoms with E-state index in [2.05, 4.69) is 10.2 Å². The first kappa shape index (κ1) is 16.0. The Balaban J connectivity index is 1.81. The number of hydrogen-bond donors (Lipinski definition) is 2. The molecule has 0 aromatic heterocycles. The molecule has 2 atom stereocenters. The van der Waals surface area contributed by atoms with E-state index >= 15 is 0 Å². The third-order valence-corrected chi connectivity index (χ3v) is 4.22. The Labute approximate surface area is 127 Å². The van der Waals surface area contributed by atoms with E-state index in [1.54, 1.807) is 0 Å². The van der Waals surface area contributed by atoms with E-state index < -0.39 is 0 Å². The van der Waals surface area contributed by atoms with Crippen LogP contribution in [0, 0.1) is 0 Å². The molecular weight excluding hydrogens is 264 g/mol. The number of aliphatic hydroxyl groups excluding tert-OH is 1. The molecule has 21 heavy (non-hydrogen) atoms. The van der Waals surface area contributed by atoms with Crippen LogP contribution in [0.1, 0.15) is 44.2 Å². The van der Waals surface area contributed by atoms with Gasteiger partial charge >= 0.3 is 0 Å². The molecular formula is C17H26N2O2. The van der Waals surface area contributed by atoms with Gasteiger partial charge in [-0.2, -0.15) is 0 Å². The minimum atomic E-state index is 0.0391. The summed E-state index contributed by atoms with van der Waals surface area (Å²) in [6, 6.07) is 10.5. The fourth-order valence-corrected chi connectivity index (χ4v) is 3.05. The normalized spacial score (nSPS) is 20.4. The van der Waals surface area contributed by atoms with Crippen LogP contribution in [0.4, 0.5) is 0 Å². The predicted molar refractivity (Wildman–Crippen MR) is 83.9 cm³/mol. The number of carbonyl (C=O) groups excluding carboxylic acids is 1. The van der Waals surface area contributed by atoms with Gasteiger partial charge in [0.2, 0.25) is 5.91 Å². The van der Waals surface area contributed by atoms with E-state index in [-0.39, 0.29) is 18.6 Å². The molecule has 116 valence electrons. The minimum absolute atomic E-state index is 0.0391. The molecule has 2 unspecified atom stereocenters. The van der Waals surface area contributed by atoms with Crippen molar-refractivity contribution in [1.82, 2.24) is 10.2 Å². The smallest absolute Gasteiger partial charge is 0.234 e. The number of nitrogens with zero attached hydrogens (tertiary/aromatic N) is 1. The summed E-state index contributed by atoms with van der Waals surface area (Å²) < 4.78 is 0. The van der Waals surface area contributed by atoms with Crippen molar-refractivity contribution in [3.8, 4) is 0 Å². The molecule has 4 heteroatoms. The first-order chi connectivity index (χ1) is 10.2. The highest BCUT2D eigenvalue weighted by molar-refractivity contribution is 5.78. The maximum absolute atomic E-state index is 12.2. The molecule has 0 spiro atoms. The fraction of sp³-hybridized carbons (Fsp3) is 0.588. The highest BCUT2D eigenvalue weighted by atomic mass is 16.3. The predicted octanol–water partition coefficient (Wildman–Crippen LogP) is 2.10. The van der Waals surface area contributed by atoms with Crippen LogP contribution in [0.5, 0.6) is 0 Å². The summed E-state index contributed by atoms with van der Waals surface area (Å²) >= 11 is 0. The van der Waals surface area contributed by atoms with Crippen molar-refractivity contribution >= 4 is 5.91 Å². The molecule has 2 N–H and O–H groups in total. The van der Waals surface area contributed by atoms with Crippen LogP contribution in [-0.4, -0.2) is 41.7 Å². The van der Waals surface area contributed by atoms with Gasteiger partial charge in [-0.3, -0.25) is 9.69 Å². The molecule has 1 aromatic carbocycles. The summed E-state index contributed by atoms with van der Waals surface area (Å²) in [7, 11) is 0. The van der Waals surface area contributed by atoms with Gasteiger partial charge in [0.1, 0.15) is 0 Å². The molecule has 1 saturated heterocycles. The lowest BCUT2D eigenvalue weighted by molar-refractivity contribution is -0.123. The standard InChI is InChI=1S/C17H26N2O2/c1-14(15-7-3-2-4-8-15)18-17(21)13-19-11-5-9-16(19)10-6-12-20/h2-4,7-8,14,16,20H,5-6,9-13H2,1H3,(H,18,21). The van der Waals surface area contributed by atoms with E-state index in [4.69, 9.17) is 5.11 Å². The largest absolute Gasteiger partial charge is 0.396 e. The molecule has 1 aromatic rings. The van der Waals surface area contributed by atoms with E-state index in [0.29, 0.717) is 12.6 Å². The minimum Gasteiger partial charge on any atom is -0.396 e. The van der Waals surface area contributed by atoms with Crippen LogP contribution >= 0.6 is 0 Å². The van der Waals surface area contributed by atoms with Gasteiger partial charge in [0.05, 0.1) is 12.6 Å². The lowest BCUT2D eigenvalue weighted by Crippen LogP contribution is -2.40. The van der Waals surface area contributed by atoms with Crippen molar-refractivity contribution in [2.45, 2.75) is 44.7 Å². The molecule has 1 amide bonds. The van der Waals surface area contributed by atoms with E-state index in [1.165, 1.54) is 0 Å². The molecule has 0 aliphatic carbocycles. The van der Waals surface area contributed by atoms with Crippen molar-refractivity contribution in [3.63, 3.8) is 0 Å². The highest BCUT2D eigenvalue weighted by Crippen LogP contribution is 2.21. The number of rotatable bonds is 7. The SMILES string of the molecule is CC(NC(=O)CN1CCCC1CCCO)c1ccccc1. The topological polar surface area (TPSA) is 52.6 Å². The second kappa shape index (κ2) is 8.15. The van der Waals surface area contributed by atoms with Gasteiger partial charge in [-0.15, -0.1) is 0 Å². The molecule has 1 aliphatic heterocycles. The first-order valence-corrected chi connectivity index (χ1v) is 7.90. The number of aliphatic hydroxyl groups is 1. The summed E-state index contributed by atoms with van der Waals surface area (Å²) in [4.78, 5) is 14.5. The zero-order valence-electron chi connectivity index (χ0n) is 12.8. The Morgan fingerprint density at radius 3 is 2.90 bits per heavy atom. The van der Waals surface area contributed by atoms with Crippen LogP contribution in [-0.2, 0) is 4.79 Å². The Morgan fingerprint density at radius 2 is 2.19 bits per heavy atom. The van der Waals surface area contributed by atoms with Gasteiger partial charge in [0.15, 0.2) is 0 Å². The Morgan fingerprint density at radius 1 is 1.43 bits per heavy atom. The number of nitrogens with one attached hydrogen (secondary N) is 1. The average molecular weight is 290 g/mol. The number of likely N-dealkylation sites (tertiary alicyclic amines) is 1. The number of benzene rings is 1. The summed E-state index contributed by atoms with van der Waals surface area (Å²) in [6.45, 7) is 3.71. The summed E-state index contributed by atoms with van der Waals surface area (Å²) in [6.07, 6.45) is 4.10. The van der Waals surface area contributed by atoms with Crippen LogP contribution in [0.25, 0.3) is 0 Å². The molecule has 1 heterocycles.